The third-order valence-corrected chi connectivity index (χ3v) is 2.25. The van der Waals surface area contributed by atoms with E-state index < -0.39 is 0 Å². The summed E-state index contributed by atoms with van der Waals surface area (Å²) in [6, 6.07) is 2.23. The van der Waals surface area contributed by atoms with Crippen molar-refractivity contribution in [3.05, 3.63) is 17.0 Å². The number of hydrogen-bond donors (Lipinski definition) is 0. The SMILES string of the molecule is CCN(c1cc(Cl)nc(C)n1)C(C)C. The largest absolute Gasteiger partial charge is 0.354 e. The number of aromatic nitrogens is 2. The van der Waals surface area contributed by atoms with Gasteiger partial charge in [0, 0.05) is 18.7 Å². The number of aryl methyl sites for hydroxylation is 1. The van der Waals surface area contributed by atoms with Crippen molar-refractivity contribution in [2.24, 2.45) is 0 Å². The van der Waals surface area contributed by atoms with E-state index in [0.29, 0.717) is 17.0 Å². The topological polar surface area (TPSA) is 29.0 Å². The second-order valence-electron chi connectivity index (χ2n) is 3.48. The van der Waals surface area contributed by atoms with Gasteiger partial charge >= 0.3 is 0 Å². The molecule has 0 saturated carbocycles. The van der Waals surface area contributed by atoms with Crippen molar-refractivity contribution >= 4 is 17.4 Å². The van der Waals surface area contributed by atoms with E-state index in [2.05, 4.69) is 35.6 Å². The molecule has 0 saturated heterocycles. The molecule has 0 N–H and O–H groups in total. The zero-order chi connectivity index (χ0) is 10.7. The van der Waals surface area contributed by atoms with Gasteiger partial charge in [0.25, 0.3) is 0 Å². The van der Waals surface area contributed by atoms with E-state index in [1.165, 1.54) is 0 Å². The van der Waals surface area contributed by atoms with Crippen LogP contribution in [0.4, 0.5) is 5.82 Å². The molecule has 14 heavy (non-hydrogen) atoms. The van der Waals surface area contributed by atoms with Crippen molar-refractivity contribution in [2.75, 3.05) is 11.4 Å². The monoisotopic (exact) mass is 213 g/mol. The van der Waals surface area contributed by atoms with Gasteiger partial charge in [-0.05, 0) is 27.7 Å². The minimum Gasteiger partial charge on any atom is -0.354 e. The lowest BCUT2D eigenvalue weighted by Crippen LogP contribution is -2.31. The Hall–Kier alpha value is -0.830. The van der Waals surface area contributed by atoms with Gasteiger partial charge < -0.3 is 4.90 Å². The molecule has 0 aliphatic carbocycles. The molecule has 0 bridgehead atoms. The Morgan fingerprint density at radius 1 is 1.43 bits per heavy atom. The first-order valence-corrected chi connectivity index (χ1v) is 5.20. The van der Waals surface area contributed by atoms with Gasteiger partial charge in [-0.1, -0.05) is 11.6 Å². The molecule has 1 heterocycles. The Bertz CT molecular complexity index is 292. The average Bonchev–Trinajstić information content (AvgIpc) is 2.02. The summed E-state index contributed by atoms with van der Waals surface area (Å²) >= 11 is 5.88. The van der Waals surface area contributed by atoms with Crippen LogP contribution in [0.25, 0.3) is 0 Å². The van der Waals surface area contributed by atoms with Crippen LogP contribution in [-0.2, 0) is 0 Å². The molecule has 0 unspecified atom stereocenters. The van der Waals surface area contributed by atoms with E-state index in [1.807, 2.05) is 6.92 Å². The number of nitrogens with zero attached hydrogens (tertiary/aromatic N) is 3. The molecule has 0 spiro atoms. The fourth-order valence-electron chi connectivity index (χ4n) is 1.46. The molecular weight excluding hydrogens is 198 g/mol. The maximum atomic E-state index is 5.88. The normalized spacial score (nSPS) is 10.7. The van der Waals surface area contributed by atoms with Crippen LogP contribution in [0.1, 0.15) is 26.6 Å². The molecule has 0 fully saturated rings. The second-order valence-corrected chi connectivity index (χ2v) is 3.86. The number of hydrogen-bond acceptors (Lipinski definition) is 3. The Morgan fingerprint density at radius 3 is 2.50 bits per heavy atom. The first kappa shape index (κ1) is 11.2. The number of halogens is 1. The summed E-state index contributed by atoms with van der Waals surface area (Å²) in [6.07, 6.45) is 0. The maximum absolute atomic E-state index is 5.88. The van der Waals surface area contributed by atoms with Gasteiger partial charge in [-0.25, -0.2) is 9.97 Å². The molecule has 0 aliphatic rings. The Morgan fingerprint density at radius 2 is 2.07 bits per heavy atom. The molecule has 4 heteroatoms. The Labute approximate surface area is 90.1 Å². The molecule has 1 aromatic rings. The van der Waals surface area contributed by atoms with Gasteiger partial charge in [-0.3, -0.25) is 0 Å². The second kappa shape index (κ2) is 4.60. The molecule has 0 aliphatic heterocycles. The summed E-state index contributed by atoms with van der Waals surface area (Å²) < 4.78 is 0. The van der Waals surface area contributed by atoms with E-state index in [0.717, 1.165) is 12.4 Å². The standard InChI is InChI=1S/C10H16ClN3/c1-5-14(7(2)3)10-6-9(11)12-8(4)13-10/h6-7H,5H2,1-4H3. The predicted octanol–water partition coefficient (Wildman–Crippen LogP) is 2.67. The van der Waals surface area contributed by atoms with Gasteiger partial charge in [0.2, 0.25) is 0 Å². The molecule has 0 radical (unpaired) electrons. The maximum Gasteiger partial charge on any atom is 0.134 e. The van der Waals surface area contributed by atoms with Gasteiger partial charge in [-0.2, -0.15) is 0 Å². The van der Waals surface area contributed by atoms with E-state index >= 15 is 0 Å². The minimum atomic E-state index is 0.422. The van der Waals surface area contributed by atoms with Gasteiger partial charge in [0.05, 0.1) is 0 Å². The Kier molecular flexibility index (Phi) is 3.69. The smallest absolute Gasteiger partial charge is 0.134 e. The van der Waals surface area contributed by atoms with Crippen LogP contribution in [0.2, 0.25) is 5.15 Å². The molecule has 0 amide bonds. The zero-order valence-corrected chi connectivity index (χ0v) is 9.84. The lowest BCUT2D eigenvalue weighted by molar-refractivity contribution is 0.690. The first-order valence-electron chi connectivity index (χ1n) is 4.82. The highest BCUT2D eigenvalue weighted by Crippen LogP contribution is 2.17. The van der Waals surface area contributed by atoms with Crippen molar-refractivity contribution in [3.8, 4) is 0 Å². The number of anilines is 1. The van der Waals surface area contributed by atoms with Crippen LogP contribution in [0.5, 0.6) is 0 Å². The highest BCUT2D eigenvalue weighted by atomic mass is 35.5. The molecular formula is C10H16ClN3. The highest BCUT2D eigenvalue weighted by Gasteiger charge is 2.10. The van der Waals surface area contributed by atoms with E-state index in [-0.39, 0.29) is 0 Å². The highest BCUT2D eigenvalue weighted by molar-refractivity contribution is 6.29. The molecule has 3 nitrogen and oxygen atoms in total. The summed E-state index contributed by atoms with van der Waals surface area (Å²) in [5.41, 5.74) is 0. The van der Waals surface area contributed by atoms with Crippen molar-refractivity contribution in [1.82, 2.24) is 9.97 Å². The molecule has 0 aromatic carbocycles. The van der Waals surface area contributed by atoms with Gasteiger partial charge in [0.1, 0.15) is 16.8 Å². The molecule has 78 valence electrons. The van der Waals surface area contributed by atoms with Crippen molar-refractivity contribution < 1.29 is 0 Å². The quantitative estimate of drug-likeness (QED) is 0.723. The fraction of sp³-hybridized carbons (Fsp3) is 0.600. The number of rotatable bonds is 3. The van der Waals surface area contributed by atoms with Crippen molar-refractivity contribution in [2.45, 2.75) is 33.7 Å². The van der Waals surface area contributed by atoms with E-state index in [9.17, 15) is 0 Å². The summed E-state index contributed by atoms with van der Waals surface area (Å²) in [4.78, 5) is 10.6. The first-order chi connectivity index (χ1) is 6.54. The minimum absolute atomic E-state index is 0.422. The van der Waals surface area contributed by atoms with Crippen LogP contribution in [0.15, 0.2) is 6.07 Å². The van der Waals surface area contributed by atoms with E-state index in [1.54, 1.807) is 6.07 Å². The summed E-state index contributed by atoms with van der Waals surface area (Å²) in [5, 5.41) is 0.506. The zero-order valence-electron chi connectivity index (χ0n) is 9.08. The van der Waals surface area contributed by atoms with Crippen LogP contribution < -0.4 is 4.90 Å². The van der Waals surface area contributed by atoms with Crippen molar-refractivity contribution in [1.29, 1.82) is 0 Å². The fourth-order valence-corrected chi connectivity index (χ4v) is 1.68. The van der Waals surface area contributed by atoms with E-state index in [4.69, 9.17) is 11.6 Å². The van der Waals surface area contributed by atoms with Gasteiger partial charge in [-0.15, -0.1) is 0 Å². The van der Waals surface area contributed by atoms with Crippen LogP contribution in [0.3, 0.4) is 0 Å². The summed E-state index contributed by atoms with van der Waals surface area (Å²) in [7, 11) is 0. The summed E-state index contributed by atoms with van der Waals surface area (Å²) in [5.74, 6) is 1.62. The average molecular weight is 214 g/mol. The predicted molar refractivity (Wildman–Crippen MR) is 59.9 cm³/mol. The van der Waals surface area contributed by atoms with Gasteiger partial charge in [0.15, 0.2) is 0 Å². The van der Waals surface area contributed by atoms with Crippen molar-refractivity contribution in [3.63, 3.8) is 0 Å². The molecule has 1 rings (SSSR count). The summed E-state index contributed by atoms with van der Waals surface area (Å²) in [6.45, 7) is 9.14. The molecule has 1 aromatic heterocycles. The Balaban J connectivity index is 3.04. The third kappa shape index (κ3) is 2.58. The molecule has 0 atom stereocenters. The van der Waals surface area contributed by atoms with Crippen LogP contribution in [0, 0.1) is 6.92 Å². The van der Waals surface area contributed by atoms with Crippen LogP contribution in [-0.4, -0.2) is 22.6 Å². The lowest BCUT2D eigenvalue weighted by Gasteiger charge is -2.26. The van der Waals surface area contributed by atoms with Crippen LogP contribution >= 0.6 is 11.6 Å². The third-order valence-electron chi connectivity index (χ3n) is 2.05. The lowest BCUT2D eigenvalue weighted by atomic mass is 10.3.